The van der Waals surface area contributed by atoms with Crippen LogP contribution in [-0.4, -0.2) is 31.3 Å². The number of carbonyl (C=O) groups is 1. The second-order valence-corrected chi connectivity index (χ2v) is 6.68. The summed E-state index contributed by atoms with van der Waals surface area (Å²) in [5, 5.41) is 3.93. The van der Waals surface area contributed by atoms with Crippen LogP contribution < -0.4 is 4.72 Å². The van der Waals surface area contributed by atoms with E-state index in [1.807, 2.05) is 0 Å². The number of halogens is 1. The Morgan fingerprint density at radius 1 is 1.38 bits per heavy atom. The number of carbonyl (C=O) groups excluding carboxylic acids is 1. The van der Waals surface area contributed by atoms with Crippen molar-refractivity contribution in [3.63, 3.8) is 0 Å². The first-order valence-electron chi connectivity index (χ1n) is 5.74. The molecule has 0 atom stereocenters. The van der Waals surface area contributed by atoms with E-state index in [1.165, 1.54) is 36.1 Å². The summed E-state index contributed by atoms with van der Waals surface area (Å²) in [5.74, 6) is -0.575. The van der Waals surface area contributed by atoms with Gasteiger partial charge in [0.25, 0.3) is 10.0 Å². The maximum absolute atomic E-state index is 12.4. The molecule has 0 aliphatic heterocycles. The van der Waals surface area contributed by atoms with Crippen LogP contribution in [0.25, 0.3) is 0 Å². The van der Waals surface area contributed by atoms with Gasteiger partial charge in [-0.15, -0.1) is 0 Å². The third kappa shape index (κ3) is 3.42. The summed E-state index contributed by atoms with van der Waals surface area (Å²) < 4.78 is 33.7. The van der Waals surface area contributed by atoms with Crippen LogP contribution in [0, 0.1) is 0 Å². The van der Waals surface area contributed by atoms with E-state index in [9.17, 15) is 13.2 Å². The van der Waals surface area contributed by atoms with Crippen LogP contribution in [0.3, 0.4) is 0 Å². The van der Waals surface area contributed by atoms with E-state index >= 15 is 0 Å². The molecule has 0 bridgehead atoms. The summed E-state index contributed by atoms with van der Waals surface area (Å²) in [6.45, 7) is 0. The Labute approximate surface area is 130 Å². The maximum Gasteiger partial charge on any atom is 0.339 e. The summed E-state index contributed by atoms with van der Waals surface area (Å²) >= 11 is 3.19. The topological polar surface area (TPSA) is 90.3 Å². The molecule has 0 aliphatic rings. The highest BCUT2D eigenvalue weighted by molar-refractivity contribution is 9.10. The van der Waals surface area contributed by atoms with Crippen molar-refractivity contribution in [2.45, 2.75) is 4.90 Å². The lowest BCUT2D eigenvalue weighted by Crippen LogP contribution is -2.18. The molecule has 2 rings (SSSR count). The highest BCUT2D eigenvalue weighted by atomic mass is 79.9. The highest BCUT2D eigenvalue weighted by Crippen LogP contribution is 2.23. The average molecular weight is 374 g/mol. The van der Waals surface area contributed by atoms with Crippen LogP contribution >= 0.6 is 15.9 Å². The van der Waals surface area contributed by atoms with Gasteiger partial charge in [-0.3, -0.25) is 9.40 Å². The van der Waals surface area contributed by atoms with Gasteiger partial charge in [0.1, 0.15) is 4.90 Å². The van der Waals surface area contributed by atoms with E-state index < -0.39 is 16.0 Å². The molecule has 0 spiro atoms. The molecule has 0 amide bonds. The number of aryl methyl sites for hydroxylation is 1. The van der Waals surface area contributed by atoms with E-state index in [-0.39, 0.29) is 16.3 Å². The number of aromatic nitrogens is 2. The normalized spacial score (nSPS) is 11.2. The maximum atomic E-state index is 12.4. The Kier molecular flexibility index (Phi) is 4.33. The summed E-state index contributed by atoms with van der Waals surface area (Å²) in [5.41, 5.74) is -0.0599. The van der Waals surface area contributed by atoms with E-state index in [0.717, 1.165) is 0 Å². The van der Waals surface area contributed by atoms with Gasteiger partial charge in [-0.1, -0.05) is 15.9 Å². The molecule has 0 unspecified atom stereocenters. The Morgan fingerprint density at radius 2 is 2.10 bits per heavy atom. The third-order valence-electron chi connectivity index (χ3n) is 2.59. The van der Waals surface area contributed by atoms with Crippen LogP contribution in [0.5, 0.6) is 0 Å². The van der Waals surface area contributed by atoms with Crippen LogP contribution in [0.15, 0.2) is 39.8 Å². The number of nitrogens with zero attached hydrogens (tertiary/aromatic N) is 2. The summed E-state index contributed by atoms with van der Waals surface area (Å²) in [4.78, 5) is 11.6. The van der Waals surface area contributed by atoms with Gasteiger partial charge in [-0.2, -0.15) is 5.10 Å². The fourth-order valence-corrected chi connectivity index (χ4v) is 3.20. The second kappa shape index (κ2) is 5.86. The standard InChI is InChI=1S/C12H12BrN3O4S/c1-16-6-5-11(14-16)15-21(18,19)10-4-3-8(13)7-9(10)12(17)20-2/h3-7H,1-2H3,(H,14,15). The number of benzene rings is 1. The van der Waals surface area contributed by atoms with Crippen LogP contribution in [-0.2, 0) is 21.8 Å². The minimum atomic E-state index is -3.95. The molecule has 1 heterocycles. The summed E-state index contributed by atoms with van der Waals surface area (Å²) in [6.07, 6.45) is 1.60. The van der Waals surface area contributed by atoms with Gasteiger partial charge < -0.3 is 4.74 Å². The van der Waals surface area contributed by atoms with Crippen LogP contribution in [0.2, 0.25) is 0 Å². The lowest BCUT2D eigenvalue weighted by Gasteiger charge is -2.10. The first-order chi connectivity index (χ1) is 9.83. The molecule has 1 aromatic heterocycles. The van der Waals surface area contributed by atoms with Crippen molar-refractivity contribution in [2.24, 2.45) is 7.05 Å². The van der Waals surface area contributed by atoms with Crippen molar-refractivity contribution >= 4 is 37.7 Å². The van der Waals surface area contributed by atoms with Gasteiger partial charge in [0.2, 0.25) is 0 Å². The molecular weight excluding hydrogens is 362 g/mol. The minimum Gasteiger partial charge on any atom is -0.465 e. The molecule has 0 radical (unpaired) electrons. The molecular formula is C12H12BrN3O4S. The number of esters is 1. The predicted molar refractivity (Wildman–Crippen MR) is 79.5 cm³/mol. The molecule has 112 valence electrons. The molecule has 0 saturated carbocycles. The predicted octanol–water partition coefficient (Wildman–Crippen LogP) is 1.77. The SMILES string of the molecule is COC(=O)c1cc(Br)ccc1S(=O)(=O)Nc1ccn(C)n1. The van der Waals surface area contributed by atoms with Gasteiger partial charge >= 0.3 is 5.97 Å². The lowest BCUT2D eigenvalue weighted by atomic mass is 10.2. The van der Waals surface area contributed by atoms with E-state index in [2.05, 4.69) is 30.5 Å². The zero-order valence-electron chi connectivity index (χ0n) is 11.2. The molecule has 2 aromatic rings. The van der Waals surface area contributed by atoms with Crippen molar-refractivity contribution in [2.75, 3.05) is 11.8 Å². The zero-order chi connectivity index (χ0) is 15.6. The van der Waals surface area contributed by atoms with Crippen LogP contribution in [0.4, 0.5) is 5.82 Å². The smallest absolute Gasteiger partial charge is 0.339 e. The number of methoxy groups -OCH3 is 1. The third-order valence-corrected chi connectivity index (χ3v) is 4.50. The van der Waals surface area contributed by atoms with E-state index in [0.29, 0.717) is 4.47 Å². The minimum absolute atomic E-state index is 0.0599. The average Bonchev–Trinajstić information content (AvgIpc) is 2.82. The second-order valence-electron chi connectivity index (χ2n) is 4.11. The molecule has 0 saturated heterocycles. The molecule has 7 nitrogen and oxygen atoms in total. The van der Waals surface area contributed by atoms with Crippen molar-refractivity contribution in [3.8, 4) is 0 Å². The van der Waals surface area contributed by atoms with Crippen LogP contribution in [0.1, 0.15) is 10.4 Å². The Morgan fingerprint density at radius 3 is 2.67 bits per heavy atom. The number of ether oxygens (including phenoxy) is 1. The fraction of sp³-hybridized carbons (Fsp3) is 0.167. The Bertz CT molecular complexity index is 786. The number of anilines is 1. The van der Waals surface area contributed by atoms with Crippen molar-refractivity contribution < 1.29 is 17.9 Å². The monoisotopic (exact) mass is 373 g/mol. The molecule has 1 N–H and O–H groups in total. The summed E-state index contributed by atoms with van der Waals surface area (Å²) in [6, 6.07) is 5.74. The molecule has 0 fully saturated rings. The number of hydrogen-bond acceptors (Lipinski definition) is 5. The van der Waals surface area contributed by atoms with Gasteiger partial charge in [-0.05, 0) is 18.2 Å². The number of sulfonamides is 1. The Balaban J connectivity index is 2.46. The molecule has 21 heavy (non-hydrogen) atoms. The number of nitrogens with one attached hydrogen (secondary N) is 1. The summed E-state index contributed by atoms with van der Waals surface area (Å²) in [7, 11) is -1.10. The Hall–Kier alpha value is -1.87. The highest BCUT2D eigenvalue weighted by Gasteiger charge is 2.24. The lowest BCUT2D eigenvalue weighted by molar-refractivity contribution is 0.0596. The fourth-order valence-electron chi connectivity index (χ4n) is 1.67. The number of rotatable bonds is 4. The van der Waals surface area contributed by atoms with Gasteiger partial charge in [0.05, 0.1) is 12.7 Å². The number of hydrogen-bond donors (Lipinski definition) is 1. The first kappa shape index (κ1) is 15.5. The molecule has 0 aliphatic carbocycles. The quantitative estimate of drug-likeness (QED) is 0.824. The molecule has 1 aromatic carbocycles. The van der Waals surface area contributed by atoms with Gasteiger partial charge in [-0.25, -0.2) is 13.2 Å². The van der Waals surface area contributed by atoms with Gasteiger partial charge in [0.15, 0.2) is 5.82 Å². The largest absolute Gasteiger partial charge is 0.465 e. The van der Waals surface area contributed by atoms with Crippen molar-refractivity contribution in [1.82, 2.24) is 9.78 Å². The molecule has 9 heteroatoms. The van der Waals surface area contributed by atoms with E-state index in [4.69, 9.17) is 0 Å². The zero-order valence-corrected chi connectivity index (χ0v) is 13.6. The first-order valence-corrected chi connectivity index (χ1v) is 8.01. The van der Waals surface area contributed by atoms with Crippen molar-refractivity contribution in [3.05, 3.63) is 40.5 Å². The van der Waals surface area contributed by atoms with E-state index in [1.54, 1.807) is 13.2 Å². The van der Waals surface area contributed by atoms with Crippen molar-refractivity contribution in [1.29, 1.82) is 0 Å². The van der Waals surface area contributed by atoms with Gasteiger partial charge in [0, 0.05) is 23.8 Å².